The highest BCUT2D eigenvalue weighted by Crippen LogP contribution is 2.28. The van der Waals surface area contributed by atoms with Gasteiger partial charge < -0.3 is 5.32 Å². The molecule has 96 valence electrons. The predicted molar refractivity (Wildman–Crippen MR) is 78.2 cm³/mol. The zero-order valence-electron chi connectivity index (χ0n) is 10.5. The summed E-state index contributed by atoms with van der Waals surface area (Å²) in [6.45, 7) is 2.14. The monoisotopic (exact) mass is 270 g/mol. The van der Waals surface area contributed by atoms with Crippen molar-refractivity contribution in [3.63, 3.8) is 0 Å². The molecule has 4 nitrogen and oxygen atoms in total. The van der Waals surface area contributed by atoms with Crippen molar-refractivity contribution in [3.8, 4) is 11.3 Å². The van der Waals surface area contributed by atoms with Gasteiger partial charge in [-0.25, -0.2) is 4.98 Å². The lowest BCUT2D eigenvalue weighted by Crippen LogP contribution is -2.07. The van der Waals surface area contributed by atoms with Crippen LogP contribution in [0.5, 0.6) is 0 Å². The van der Waals surface area contributed by atoms with Gasteiger partial charge in [-0.15, -0.1) is 11.3 Å². The lowest BCUT2D eigenvalue weighted by Gasteiger charge is -2.15. The molecule has 2 N–H and O–H groups in total. The summed E-state index contributed by atoms with van der Waals surface area (Å²) in [5, 5.41) is 12.5. The van der Waals surface area contributed by atoms with Crippen LogP contribution >= 0.6 is 11.3 Å². The van der Waals surface area contributed by atoms with Crippen LogP contribution < -0.4 is 5.32 Å². The van der Waals surface area contributed by atoms with Gasteiger partial charge >= 0.3 is 0 Å². The number of thiophene rings is 1. The Morgan fingerprint density at radius 3 is 2.89 bits per heavy atom. The molecule has 19 heavy (non-hydrogen) atoms. The fourth-order valence-corrected chi connectivity index (χ4v) is 2.69. The minimum Gasteiger partial charge on any atom is -0.362 e. The first kappa shape index (κ1) is 11.9. The third-order valence-electron chi connectivity index (χ3n) is 2.92. The number of anilines is 1. The lowest BCUT2D eigenvalue weighted by atomic mass is 10.1. The summed E-state index contributed by atoms with van der Waals surface area (Å²) in [5.41, 5.74) is 2.00. The van der Waals surface area contributed by atoms with Crippen LogP contribution in [0, 0.1) is 0 Å². The van der Waals surface area contributed by atoms with Gasteiger partial charge in [0.2, 0.25) is 0 Å². The molecule has 0 aliphatic heterocycles. The molecule has 5 heteroatoms. The molecular weight excluding hydrogens is 256 g/mol. The topological polar surface area (TPSA) is 53.6 Å². The molecule has 0 aromatic carbocycles. The maximum absolute atomic E-state index is 4.43. The van der Waals surface area contributed by atoms with E-state index in [4.69, 9.17) is 0 Å². The maximum Gasteiger partial charge on any atom is 0.135 e. The Labute approximate surface area is 115 Å². The smallest absolute Gasteiger partial charge is 0.135 e. The van der Waals surface area contributed by atoms with Crippen LogP contribution in [0.4, 0.5) is 5.82 Å². The van der Waals surface area contributed by atoms with E-state index in [9.17, 15) is 0 Å². The number of hydrogen-bond acceptors (Lipinski definition) is 4. The minimum atomic E-state index is 0.233. The Morgan fingerprint density at radius 2 is 2.16 bits per heavy atom. The quantitative estimate of drug-likeness (QED) is 0.760. The van der Waals surface area contributed by atoms with E-state index < -0.39 is 0 Å². The van der Waals surface area contributed by atoms with Gasteiger partial charge in [-0.2, -0.15) is 5.10 Å². The van der Waals surface area contributed by atoms with Crippen LogP contribution in [0.2, 0.25) is 0 Å². The third-order valence-corrected chi connectivity index (χ3v) is 3.98. The lowest BCUT2D eigenvalue weighted by molar-refractivity contribution is 0.897. The number of rotatable bonds is 4. The third kappa shape index (κ3) is 2.51. The highest BCUT2D eigenvalue weighted by Gasteiger charge is 2.11. The molecule has 0 unspecified atom stereocenters. The largest absolute Gasteiger partial charge is 0.362 e. The summed E-state index contributed by atoms with van der Waals surface area (Å²) in [5.74, 6) is 0.868. The molecule has 0 radical (unpaired) electrons. The van der Waals surface area contributed by atoms with E-state index in [1.165, 1.54) is 4.88 Å². The van der Waals surface area contributed by atoms with E-state index >= 15 is 0 Å². The number of aromatic amines is 1. The molecular formula is C14H14N4S. The van der Waals surface area contributed by atoms with Gasteiger partial charge in [0.05, 0.1) is 11.7 Å². The molecule has 3 rings (SSSR count). The van der Waals surface area contributed by atoms with Gasteiger partial charge in [0.15, 0.2) is 0 Å². The fourth-order valence-electron chi connectivity index (χ4n) is 1.96. The Hall–Kier alpha value is -2.14. The zero-order chi connectivity index (χ0) is 13.1. The van der Waals surface area contributed by atoms with Crippen molar-refractivity contribution in [3.05, 3.63) is 53.0 Å². The van der Waals surface area contributed by atoms with E-state index in [1.807, 2.05) is 18.2 Å². The van der Waals surface area contributed by atoms with Crippen molar-refractivity contribution >= 4 is 17.2 Å². The number of pyridine rings is 1. The summed E-state index contributed by atoms with van der Waals surface area (Å²) in [6.07, 6.45) is 3.54. The Morgan fingerprint density at radius 1 is 1.21 bits per heavy atom. The molecule has 0 fully saturated rings. The Kier molecular flexibility index (Phi) is 3.29. The van der Waals surface area contributed by atoms with Crippen LogP contribution in [0.3, 0.4) is 0 Å². The van der Waals surface area contributed by atoms with Gasteiger partial charge in [-0.3, -0.25) is 5.10 Å². The van der Waals surface area contributed by atoms with Crippen LogP contribution in [0.15, 0.2) is 48.1 Å². The van der Waals surface area contributed by atoms with Crippen molar-refractivity contribution in [2.45, 2.75) is 13.0 Å². The highest BCUT2D eigenvalue weighted by molar-refractivity contribution is 7.10. The van der Waals surface area contributed by atoms with Crippen LogP contribution in [0.1, 0.15) is 17.8 Å². The summed E-state index contributed by atoms with van der Waals surface area (Å²) >= 11 is 1.74. The number of aromatic nitrogens is 3. The molecule has 3 aromatic rings. The van der Waals surface area contributed by atoms with Crippen LogP contribution in [-0.4, -0.2) is 15.2 Å². The average molecular weight is 270 g/mol. The standard InChI is InChI=1S/C14H14N4S/c1-10(13-5-3-9-19-13)17-14-11(4-2-7-15-14)12-6-8-16-18-12/h2-10H,1H3,(H,15,17)(H,16,18)/t10-/m0/s1. The van der Waals surface area contributed by atoms with E-state index in [0.29, 0.717) is 0 Å². The molecule has 0 spiro atoms. The second-order valence-electron chi connectivity index (χ2n) is 4.25. The normalized spacial score (nSPS) is 12.3. The zero-order valence-corrected chi connectivity index (χ0v) is 11.3. The van der Waals surface area contributed by atoms with Gasteiger partial charge in [0.25, 0.3) is 0 Å². The van der Waals surface area contributed by atoms with Gasteiger partial charge in [0, 0.05) is 22.8 Å². The van der Waals surface area contributed by atoms with Crippen LogP contribution in [0.25, 0.3) is 11.3 Å². The number of H-pyrrole nitrogens is 1. The van der Waals surface area contributed by atoms with Crippen LogP contribution in [-0.2, 0) is 0 Å². The maximum atomic E-state index is 4.43. The number of nitrogens with one attached hydrogen (secondary N) is 2. The summed E-state index contributed by atoms with van der Waals surface area (Å²) < 4.78 is 0. The van der Waals surface area contributed by atoms with E-state index in [0.717, 1.165) is 17.1 Å². The SMILES string of the molecule is C[C@H](Nc1ncccc1-c1ccn[nH]1)c1cccs1. The first-order valence-corrected chi connectivity index (χ1v) is 6.97. The molecule has 3 heterocycles. The molecule has 0 aliphatic carbocycles. The van der Waals surface area contributed by atoms with Crippen molar-refractivity contribution in [1.29, 1.82) is 0 Å². The molecule has 0 bridgehead atoms. The Balaban J connectivity index is 1.89. The number of nitrogens with zero attached hydrogens (tertiary/aromatic N) is 2. The Bertz CT molecular complexity index is 631. The molecule has 0 amide bonds. The summed E-state index contributed by atoms with van der Waals surface area (Å²) in [4.78, 5) is 5.72. The molecule has 3 aromatic heterocycles. The van der Waals surface area contributed by atoms with E-state index in [-0.39, 0.29) is 6.04 Å². The highest BCUT2D eigenvalue weighted by atomic mass is 32.1. The van der Waals surface area contributed by atoms with E-state index in [2.05, 4.69) is 44.9 Å². The minimum absolute atomic E-state index is 0.233. The second kappa shape index (κ2) is 5.24. The van der Waals surface area contributed by atoms with Gasteiger partial charge in [0.1, 0.15) is 5.82 Å². The first-order chi connectivity index (χ1) is 9.34. The van der Waals surface area contributed by atoms with Crippen molar-refractivity contribution in [2.24, 2.45) is 0 Å². The second-order valence-corrected chi connectivity index (χ2v) is 5.23. The van der Waals surface area contributed by atoms with Crippen molar-refractivity contribution < 1.29 is 0 Å². The molecule has 0 saturated heterocycles. The average Bonchev–Trinajstić information content (AvgIpc) is 3.13. The molecule has 1 atom stereocenters. The van der Waals surface area contributed by atoms with Crippen molar-refractivity contribution in [2.75, 3.05) is 5.32 Å². The van der Waals surface area contributed by atoms with Gasteiger partial charge in [-0.05, 0) is 36.6 Å². The summed E-state index contributed by atoms with van der Waals surface area (Å²) in [7, 11) is 0. The van der Waals surface area contributed by atoms with E-state index in [1.54, 1.807) is 23.7 Å². The fraction of sp³-hybridized carbons (Fsp3) is 0.143. The van der Waals surface area contributed by atoms with Crippen molar-refractivity contribution in [1.82, 2.24) is 15.2 Å². The number of hydrogen-bond donors (Lipinski definition) is 2. The predicted octanol–water partition coefficient (Wildman–Crippen LogP) is 3.71. The first-order valence-electron chi connectivity index (χ1n) is 6.09. The summed E-state index contributed by atoms with van der Waals surface area (Å²) in [6, 6.07) is 10.3. The molecule has 0 saturated carbocycles. The van der Waals surface area contributed by atoms with Gasteiger partial charge in [-0.1, -0.05) is 6.07 Å². The molecule has 0 aliphatic rings.